The van der Waals surface area contributed by atoms with Gasteiger partial charge < -0.3 is 9.15 Å². The smallest absolute Gasteiger partial charge is 0.290 e. The van der Waals surface area contributed by atoms with E-state index in [0.717, 1.165) is 5.76 Å². The standard InChI is InChI=1S/C11H8Cl2O2/c1-7-2-3-11(14-7)15-10-5-8(12)4-9(13)6-10/h2-6H,1H3. The first-order valence-corrected chi connectivity index (χ1v) is 5.09. The number of halogens is 2. The van der Waals surface area contributed by atoms with Gasteiger partial charge in [-0.15, -0.1) is 0 Å². The largest absolute Gasteiger partial charge is 0.431 e. The van der Waals surface area contributed by atoms with Crippen molar-refractivity contribution >= 4 is 23.2 Å². The van der Waals surface area contributed by atoms with Crippen molar-refractivity contribution in [1.29, 1.82) is 0 Å². The van der Waals surface area contributed by atoms with E-state index < -0.39 is 0 Å². The second kappa shape index (κ2) is 4.17. The Morgan fingerprint density at radius 1 is 1.07 bits per heavy atom. The van der Waals surface area contributed by atoms with Gasteiger partial charge in [-0.2, -0.15) is 0 Å². The zero-order valence-electron chi connectivity index (χ0n) is 7.96. The summed E-state index contributed by atoms with van der Waals surface area (Å²) in [6, 6.07) is 8.55. The Bertz CT molecular complexity index is 457. The molecule has 0 saturated carbocycles. The molecule has 0 aliphatic carbocycles. The van der Waals surface area contributed by atoms with Crippen LogP contribution in [0.2, 0.25) is 10.0 Å². The van der Waals surface area contributed by atoms with Gasteiger partial charge in [0.1, 0.15) is 11.5 Å². The topological polar surface area (TPSA) is 22.4 Å². The van der Waals surface area contributed by atoms with E-state index in [1.165, 1.54) is 0 Å². The van der Waals surface area contributed by atoms with Crippen LogP contribution in [0.5, 0.6) is 11.7 Å². The molecule has 0 N–H and O–H groups in total. The van der Waals surface area contributed by atoms with E-state index >= 15 is 0 Å². The summed E-state index contributed by atoms with van der Waals surface area (Å²) >= 11 is 11.7. The van der Waals surface area contributed by atoms with Crippen molar-refractivity contribution in [3.8, 4) is 11.7 Å². The summed E-state index contributed by atoms with van der Waals surface area (Å²) in [5.74, 6) is 1.77. The molecule has 1 aromatic carbocycles. The second-order valence-corrected chi connectivity index (χ2v) is 3.95. The number of rotatable bonds is 2. The maximum Gasteiger partial charge on any atom is 0.290 e. The van der Waals surface area contributed by atoms with Crippen LogP contribution in [-0.4, -0.2) is 0 Å². The Kier molecular flexibility index (Phi) is 2.89. The molecule has 0 aliphatic rings. The summed E-state index contributed by atoms with van der Waals surface area (Å²) < 4.78 is 10.7. The first kappa shape index (κ1) is 10.4. The minimum atomic E-state index is 0.422. The Labute approximate surface area is 97.4 Å². The lowest BCUT2D eigenvalue weighted by molar-refractivity contribution is 0.338. The van der Waals surface area contributed by atoms with Crippen LogP contribution in [0, 0.1) is 6.92 Å². The van der Waals surface area contributed by atoms with Crippen LogP contribution >= 0.6 is 23.2 Å². The van der Waals surface area contributed by atoms with E-state index in [4.69, 9.17) is 32.4 Å². The monoisotopic (exact) mass is 242 g/mol. The van der Waals surface area contributed by atoms with Crippen molar-refractivity contribution in [3.63, 3.8) is 0 Å². The van der Waals surface area contributed by atoms with Gasteiger partial charge in [0.2, 0.25) is 0 Å². The molecule has 4 heteroatoms. The maximum absolute atomic E-state index is 5.83. The molecular formula is C11H8Cl2O2. The summed E-state index contributed by atoms with van der Waals surface area (Å²) in [6.07, 6.45) is 0. The molecule has 2 aromatic rings. The van der Waals surface area contributed by atoms with E-state index in [2.05, 4.69) is 0 Å². The molecule has 0 aliphatic heterocycles. The summed E-state index contributed by atoms with van der Waals surface area (Å²) in [5.41, 5.74) is 0. The Morgan fingerprint density at radius 3 is 2.27 bits per heavy atom. The van der Waals surface area contributed by atoms with Gasteiger partial charge in [-0.25, -0.2) is 0 Å². The van der Waals surface area contributed by atoms with Crippen LogP contribution in [0.3, 0.4) is 0 Å². The van der Waals surface area contributed by atoms with Gasteiger partial charge in [0.15, 0.2) is 0 Å². The van der Waals surface area contributed by atoms with Crippen LogP contribution in [-0.2, 0) is 0 Å². The number of ether oxygens (including phenoxy) is 1. The van der Waals surface area contributed by atoms with Crippen molar-refractivity contribution in [2.45, 2.75) is 6.92 Å². The number of hydrogen-bond acceptors (Lipinski definition) is 2. The highest BCUT2D eigenvalue weighted by molar-refractivity contribution is 6.34. The molecule has 0 amide bonds. The fraction of sp³-hybridized carbons (Fsp3) is 0.0909. The quantitative estimate of drug-likeness (QED) is 0.763. The lowest BCUT2D eigenvalue weighted by atomic mass is 10.3. The molecule has 1 aromatic heterocycles. The van der Waals surface area contributed by atoms with Gasteiger partial charge in [0.05, 0.1) is 0 Å². The van der Waals surface area contributed by atoms with Crippen molar-refractivity contribution in [3.05, 3.63) is 46.1 Å². The average Bonchev–Trinajstić information content (AvgIpc) is 2.49. The highest BCUT2D eigenvalue weighted by Crippen LogP contribution is 2.29. The number of hydrogen-bond donors (Lipinski definition) is 0. The Hall–Kier alpha value is -1.12. The molecule has 15 heavy (non-hydrogen) atoms. The number of furan rings is 1. The average molecular weight is 243 g/mol. The number of aryl methyl sites for hydroxylation is 1. The van der Waals surface area contributed by atoms with Gasteiger partial charge in [-0.1, -0.05) is 23.2 Å². The molecule has 0 spiro atoms. The van der Waals surface area contributed by atoms with Crippen molar-refractivity contribution < 1.29 is 9.15 Å². The van der Waals surface area contributed by atoms with Crippen molar-refractivity contribution in [2.24, 2.45) is 0 Å². The second-order valence-electron chi connectivity index (χ2n) is 3.07. The van der Waals surface area contributed by atoms with Gasteiger partial charge in [0.25, 0.3) is 5.95 Å². The Balaban J connectivity index is 2.24. The van der Waals surface area contributed by atoms with Crippen LogP contribution < -0.4 is 4.74 Å². The third kappa shape index (κ3) is 2.67. The van der Waals surface area contributed by atoms with E-state index in [9.17, 15) is 0 Å². The van der Waals surface area contributed by atoms with E-state index in [0.29, 0.717) is 21.7 Å². The van der Waals surface area contributed by atoms with Gasteiger partial charge in [0, 0.05) is 16.1 Å². The normalized spacial score (nSPS) is 10.3. The first-order valence-electron chi connectivity index (χ1n) is 4.34. The fourth-order valence-electron chi connectivity index (χ4n) is 1.17. The van der Waals surface area contributed by atoms with Crippen LogP contribution in [0.4, 0.5) is 0 Å². The minimum absolute atomic E-state index is 0.422. The van der Waals surface area contributed by atoms with Gasteiger partial charge in [-0.05, 0) is 31.2 Å². The lowest BCUT2D eigenvalue weighted by Gasteiger charge is -2.02. The molecule has 78 valence electrons. The zero-order chi connectivity index (χ0) is 10.8. The highest BCUT2D eigenvalue weighted by Gasteiger charge is 2.03. The summed E-state index contributed by atoms with van der Waals surface area (Å²) in [7, 11) is 0. The Morgan fingerprint density at radius 2 is 1.73 bits per heavy atom. The molecule has 0 bridgehead atoms. The van der Waals surface area contributed by atoms with Crippen molar-refractivity contribution in [1.82, 2.24) is 0 Å². The van der Waals surface area contributed by atoms with E-state index in [-0.39, 0.29) is 0 Å². The molecule has 0 saturated heterocycles. The maximum atomic E-state index is 5.83. The zero-order valence-corrected chi connectivity index (χ0v) is 9.47. The van der Waals surface area contributed by atoms with Gasteiger partial charge >= 0.3 is 0 Å². The fourth-order valence-corrected chi connectivity index (χ4v) is 1.68. The first-order chi connectivity index (χ1) is 7.13. The van der Waals surface area contributed by atoms with Crippen LogP contribution in [0.1, 0.15) is 5.76 Å². The predicted octanol–water partition coefficient (Wildman–Crippen LogP) is 4.69. The van der Waals surface area contributed by atoms with Crippen LogP contribution in [0.15, 0.2) is 34.7 Å². The molecule has 0 unspecified atom stereocenters. The van der Waals surface area contributed by atoms with Crippen molar-refractivity contribution in [2.75, 3.05) is 0 Å². The molecule has 2 nitrogen and oxygen atoms in total. The van der Waals surface area contributed by atoms with Crippen LogP contribution in [0.25, 0.3) is 0 Å². The summed E-state index contributed by atoms with van der Waals surface area (Å²) in [4.78, 5) is 0. The molecule has 0 radical (unpaired) electrons. The third-order valence-corrected chi connectivity index (χ3v) is 2.21. The van der Waals surface area contributed by atoms with E-state index in [1.807, 2.05) is 13.0 Å². The predicted molar refractivity (Wildman–Crippen MR) is 60.0 cm³/mol. The molecule has 0 atom stereocenters. The highest BCUT2D eigenvalue weighted by atomic mass is 35.5. The number of benzene rings is 1. The third-order valence-electron chi connectivity index (χ3n) is 1.77. The molecule has 0 fully saturated rings. The molecule has 1 heterocycles. The summed E-state index contributed by atoms with van der Waals surface area (Å²) in [6.45, 7) is 1.85. The SMILES string of the molecule is Cc1ccc(Oc2cc(Cl)cc(Cl)c2)o1. The molecular weight excluding hydrogens is 235 g/mol. The lowest BCUT2D eigenvalue weighted by Crippen LogP contribution is -1.81. The summed E-state index contributed by atoms with van der Waals surface area (Å²) in [5, 5.41) is 1.06. The molecule has 2 rings (SSSR count). The van der Waals surface area contributed by atoms with E-state index in [1.54, 1.807) is 24.3 Å². The van der Waals surface area contributed by atoms with Gasteiger partial charge in [-0.3, -0.25) is 0 Å². The minimum Gasteiger partial charge on any atom is -0.431 e.